The molecule has 1 saturated carbocycles. The van der Waals surface area contributed by atoms with Crippen molar-refractivity contribution in [2.45, 2.75) is 44.6 Å². The Morgan fingerprint density at radius 1 is 1.03 bits per heavy atom. The second kappa shape index (κ2) is 10.2. The van der Waals surface area contributed by atoms with Crippen molar-refractivity contribution in [2.24, 2.45) is 0 Å². The van der Waals surface area contributed by atoms with Gasteiger partial charge in [0.1, 0.15) is 11.5 Å². The molecule has 0 bridgehead atoms. The molecule has 1 amide bonds. The fourth-order valence-electron chi connectivity index (χ4n) is 5.18. The van der Waals surface area contributed by atoms with Gasteiger partial charge in [0, 0.05) is 69.6 Å². The minimum absolute atomic E-state index is 0.108. The van der Waals surface area contributed by atoms with Crippen LogP contribution in [0.25, 0.3) is 0 Å². The van der Waals surface area contributed by atoms with Crippen LogP contribution in [0.4, 0.5) is 5.95 Å². The van der Waals surface area contributed by atoms with Crippen LogP contribution in [0.3, 0.4) is 0 Å². The van der Waals surface area contributed by atoms with E-state index in [-0.39, 0.29) is 5.91 Å². The number of carbonyl (C=O) groups is 1. The summed E-state index contributed by atoms with van der Waals surface area (Å²) in [5.41, 5.74) is 3.12. The first-order valence-electron chi connectivity index (χ1n) is 12.5. The van der Waals surface area contributed by atoms with Gasteiger partial charge in [-0.3, -0.25) is 9.69 Å². The standard InChI is InChI=1S/C26H35N5O3/c1-33-22-7-6-19(24(17-22)34-2)16-25(32)30-10-8-20-18-27-26(28-23(20)9-11-30)31-14-12-29(13-15-31)21-4-3-5-21/h6-7,17-18,21H,3-5,8-16H2,1-2H3. The highest BCUT2D eigenvalue weighted by molar-refractivity contribution is 5.79. The summed E-state index contributed by atoms with van der Waals surface area (Å²) in [5, 5.41) is 0. The van der Waals surface area contributed by atoms with Crippen LogP contribution in [0.1, 0.15) is 36.1 Å². The molecule has 3 aliphatic rings. The van der Waals surface area contributed by atoms with Crippen LogP contribution in [0.2, 0.25) is 0 Å². The van der Waals surface area contributed by atoms with Crippen LogP contribution in [-0.4, -0.2) is 85.2 Å². The zero-order valence-electron chi connectivity index (χ0n) is 20.3. The molecular weight excluding hydrogens is 430 g/mol. The monoisotopic (exact) mass is 465 g/mol. The van der Waals surface area contributed by atoms with Gasteiger partial charge in [0.05, 0.1) is 26.3 Å². The number of ether oxygens (including phenoxy) is 2. The molecular formula is C26H35N5O3. The van der Waals surface area contributed by atoms with E-state index in [1.54, 1.807) is 14.2 Å². The number of fused-ring (bicyclic) bond motifs is 1. The van der Waals surface area contributed by atoms with E-state index in [0.29, 0.717) is 25.3 Å². The van der Waals surface area contributed by atoms with Gasteiger partial charge in [-0.1, -0.05) is 12.5 Å². The zero-order valence-corrected chi connectivity index (χ0v) is 20.3. The number of rotatable bonds is 6. The lowest BCUT2D eigenvalue weighted by atomic mass is 9.91. The number of hydrogen-bond donors (Lipinski definition) is 0. The lowest BCUT2D eigenvalue weighted by molar-refractivity contribution is -0.130. The van der Waals surface area contributed by atoms with E-state index < -0.39 is 0 Å². The number of carbonyl (C=O) groups excluding carboxylic acids is 1. The van der Waals surface area contributed by atoms with Gasteiger partial charge < -0.3 is 19.3 Å². The number of methoxy groups -OCH3 is 2. The summed E-state index contributed by atoms with van der Waals surface area (Å²) in [4.78, 5) is 29.7. The Labute approximate surface area is 201 Å². The normalized spacial score (nSPS) is 19.2. The molecule has 2 aliphatic heterocycles. The smallest absolute Gasteiger partial charge is 0.227 e. The van der Waals surface area contributed by atoms with E-state index in [1.807, 2.05) is 29.3 Å². The minimum atomic E-state index is 0.108. The summed E-state index contributed by atoms with van der Waals surface area (Å²) in [5.74, 6) is 2.35. The van der Waals surface area contributed by atoms with Crippen molar-refractivity contribution < 1.29 is 14.3 Å². The average Bonchev–Trinajstić information content (AvgIpc) is 3.06. The van der Waals surface area contributed by atoms with Crippen LogP contribution in [0.5, 0.6) is 11.5 Å². The van der Waals surface area contributed by atoms with E-state index >= 15 is 0 Å². The molecule has 0 spiro atoms. The van der Waals surface area contributed by atoms with Crippen LogP contribution in [0.15, 0.2) is 24.4 Å². The summed E-state index contributed by atoms with van der Waals surface area (Å²) in [6, 6.07) is 6.40. The van der Waals surface area contributed by atoms with Gasteiger partial charge in [-0.2, -0.15) is 0 Å². The van der Waals surface area contributed by atoms with Crippen molar-refractivity contribution in [3.63, 3.8) is 0 Å². The number of hydrogen-bond acceptors (Lipinski definition) is 7. The van der Waals surface area contributed by atoms with Crippen LogP contribution in [0, 0.1) is 0 Å². The molecule has 1 aromatic carbocycles. The molecule has 34 heavy (non-hydrogen) atoms. The first-order chi connectivity index (χ1) is 16.6. The highest BCUT2D eigenvalue weighted by Crippen LogP contribution is 2.27. The van der Waals surface area contributed by atoms with Crippen LogP contribution < -0.4 is 14.4 Å². The Kier molecular flexibility index (Phi) is 6.85. The quantitative estimate of drug-likeness (QED) is 0.649. The van der Waals surface area contributed by atoms with E-state index in [2.05, 4.69) is 9.80 Å². The molecule has 2 aromatic rings. The highest BCUT2D eigenvalue weighted by Gasteiger charge is 2.29. The Morgan fingerprint density at radius 3 is 2.53 bits per heavy atom. The molecule has 5 rings (SSSR count). The maximum absolute atomic E-state index is 13.1. The summed E-state index contributed by atoms with van der Waals surface area (Å²) < 4.78 is 10.7. The first kappa shape index (κ1) is 22.9. The van der Waals surface area contributed by atoms with Crippen molar-refractivity contribution in [3.8, 4) is 11.5 Å². The molecule has 182 valence electrons. The number of aromatic nitrogens is 2. The number of piperazine rings is 1. The highest BCUT2D eigenvalue weighted by atomic mass is 16.5. The summed E-state index contributed by atoms with van der Waals surface area (Å²) in [6.45, 7) is 5.54. The molecule has 1 aromatic heterocycles. The number of amides is 1. The van der Waals surface area contributed by atoms with Crippen molar-refractivity contribution in [1.29, 1.82) is 0 Å². The molecule has 0 atom stereocenters. The molecule has 2 fully saturated rings. The van der Waals surface area contributed by atoms with Gasteiger partial charge in [0.2, 0.25) is 11.9 Å². The molecule has 8 heteroatoms. The largest absolute Gasteiger partial charge is 0.497 e. The van der Waals surface area contributed by atoms with Crippen LogP contribution >= 0.6 is 0 Å². The lowest BCUT2D eigenvalue weighted by Gasteiger charge is -2.43. The molecule has 8 nitrogen and oxygen atoms in total. The molecule has 0 unspecified atom stereocenters. The minimum Gasteiger partial charge on any atom is -0.497 e. The second-order valence-corrected chi connectivity index (χ2v) is 9.49. The number of nitrogens with zero attached hydrogens (tertiary/aromatic N) is 5. The van der Waals surface area contributed by atoms with Gasteiger partial charge in [-0.15, -0.1) is 0 Å². The predicted octanol–water partition coefficient (Wildman–Crippen LogP) is 2.34. The molecule has 1 aliphatic carbocycles. The summed E-state index contributed by atoms with van der Waals surface area (Å²) in [6.07, 6.45) is 7.94. The van der Waals surface area contributed by atoms with Gasteiger partial charge in [0.15, 0.2) is 0 Å². The fraction of sp³-hybridized carbons (Fsp3) is 0.577. The van der Waals surface area contributed by atoms with Gasteiger partial charge >= 0.3 is 0 Å². The Morgan fingerprint density at radius 2 is 1.82 bits per heavy atom. The average molecular weight is 466 g/mol. The SMILES string of the molecule is COc1ccc(CC(=O)N2CCc3cnc(N4CCN(C5CCC5)CC4)nc3CC2)c(OC)c1. The van der Waals surface area contributed by atoms with Crippen LogP contribution in [-0.2, 0) is 24.1 Å². The number of benzene rings is 1. The van der Waals surface area contributed by atoms with Crippen molar-refractivity contribution in [3.05, 3.63) is 41.2 Å². The third-order valence-electron chi connectivity index (χ3n) is 7.59. The van der Waals surface area contributed by atoms with E-state index in [1.165, 1.54) is 19.3 Å². The molecule has 3 heterocycles. The Balaban J connectivity index is 1.20. The van der Waals surface area contributed by atoms with Gasteiger partial charge in [-0.25, -0.2) is 9.97 Å². The Bertz CT molecular complexity index is 1020. The second-order valence-electron chi connectivity index (χ2n) is 9.49. The Hall–Kier alpha value is -2.87. The number of anilines is 1. The van der Waals surface area contributed by atoms with E-state index in [4.69, 9.17) is 19.4 Å². The third kappa shape index (κ3) is 4.82. The van der Waals surface area contributed by atoms with Gasteiger partial charge in [0.25, 0.3) is 0 Å². The van der Waals surface area contributed by atoms with Crippen molar-refractivity contribution in [1.82, 2.24) is 19.8 Å². The van der Waals surface area contributed by atoms with Crippen molar-refractivity contribution in [2.75, 3.05) is 58.4 Å². The molecule has 0 N–H and O–H groups in total. The summed E-state index contributed by atoms with van der Waals surface area (Å²) >= 11 is 0. The molecule has 1 saturated heterocycles. The molecule has 0 radical (unpaired) electrons. The van der Waals surface area contributed by atoms with E-state index in [0.717, 1.165) is 73.6 Å². The predicted molar refractivity (Wildman–Crippen MR) is 131 cm³/mol. The van der Waals surface area contributed by atoms with Crippen molar-refractivity contribution >= 4 is 11.9 Å². The fourth-order valence-corrected chi connectivity index (χ4v) is 5.18. The maximum Gasteiger partial charge on any atom is 0.227 e. The zero-order chi connectivity index (χ0) is 23.5. The topological polar surface area (TPSA) is 71.0 Å². The first-order valence-corrected chi connectivity index (χ1v) is 12.5. The van der Waals surface area contributed by atoms with Gasteiger partial charge in [-0.05, 0) is 30.9 Å². The lowest BCUT2D eigenvalue weighted by Crippen LogP contribution is -2.52. The van der Waals surface area contributed by atoms with E-state index in [9.17, 15) is 4.79 Å². The third-order valence-corrected chi connectivity index (χ3v) is 7.59. The summed E-state index contributed by atoms with van der Waals surface area (Å²) in [7, 11) is 3.24. The maximum atomic E-state index is 13.1.